The zero-order chi connectivity index (χ0) is 10.6. The lowest BCUT2D eigenvalue weighted by Crippen LogP contribution is -2.22. The molecule has 1 aromatic rings. The number of nitrogens with two attached hydrogens (primary N) is 2. The summed E-state index contributed by atoms with van der Waals surface area (Å²) in [6.07, 6.45) is 1.35. The van der Waals surface area contributed by atoms with E-state index in [-0.39, 0.29) is 17.5 Å². The van der Waals surface area contributed by atoms with Crippen molar-refractivity contribution in [1.29, 1.82) is 0 Å². The van der Waals surface area contributed by atoms with Gasteiger partial charge in [0.25, 0.3) is 0 Å². The van der Waals surface area contributed by atoms with Crippen molar-refractivity contribution in [2.24, 2.45) is 11.6 Å². The number of carbonyl (C=O) groups excluding carboxylic acids is 1. The van der Waals surface area contributed by atoms with E-state index in [1.165, 1.54) is 6.20 Å². The van der Waals surface area contributed by atoms with Gasteiger partial charge in [-0.1, -0.05) is 11.6 Å². The second-order valence-electron chi connectivity index (χ2n) is 2.35. The molecular formula is C6H9ClN6O. The third-order valence-electron chi connectivity index (χ3n) is 1.30. The quantitative estimate of drug-likeness (QED) is 0.391. The summed E-state index contributed by atoms with van der Waals surface area (Å²) >= 11 is 5.73. The molecule has 1 heterocycles. The normalized spacial score (nSPS) is 9.57. The molecule has 76 valence electrons. The summed E-state index contributed by atoms with van der Waals surface area (Å²) < 4.78 is 0. The van der Waals surface area contributed by atoms with Crippen LogP contribution in [-0.2, 0) is 4.79 Å². The van der Waals surface area contributed by atoms with E-state index in [2.05, 4.69) is 20.7 Å². The number of nitrogen functional groups attached to an aromatic ring is 1. The standard InChI is InChI=1S/C6H9ClN6O/c7-3-1-11-6(13-9)12-5(3)10-2-4(8)14/h1H,2,9H2,(H2,8,14)(H2,10,11,12,13). The average Bonchev–Trinajstić information content (AvgIpc) is 2.16. The third-order valence-corrected chi connectivity index (χ3v) is 1.58. The fourth-order valence-electron chi connectivity index (χ4n) is 0.731. The predicted octanol–water partition coefficient (Wildman–Crippen LogP) is -0.687. The molecule has 0 atom stereocenters. The van der Waals surface area contributed by atoms with Crippen LogP contribution >= 0.6 is 11.6 Å². The molecule has 0 unspecified atom stereocenters. The molecule has 1 amide bonds. The Morgan fingerprint density at radius 2 is 2.36 bits per heavy atom. The zero-order valence-corrected chi connectivity index (χ0v) is 7.88. The number of nitrogens with one attached hydrogen (secondary N) is 2. The maximum Gasteiger partial charge on any atom is 0.239 e. The monoisotopic (exact) mass is 216 g/mol. The van der Waals surface area contributed by atoms with E-state index in [1.807, 2.05) is 0 Å². The van der Waals surface area contributed by atoms with Crippen LogP contribution in [0.25, 0.3) is 0 Å². The van der Waals surface area contributed by atoms with Gasteiger partial charge in [0.05, 0.1) is 12.7 Å². The first-order chi connectivity index (χ1) is 6.63. The van der Waals surface area contributed by atoms with E-state index in [0.717, 1.165) is 0 Å². The number of carbonyl (C=O) groups is 1. The molecule has 8 heteroatoms. The number of hydrogen-bond acceptors (Lipinski definition) is 6. The molecular weight excluding hydrogens is 208 g/mol. The Bertz CT molecular complexity index is 343. The Balaban J connectivity index is 2.78. The Kier molecular flexibility index (Phi) is 3.43. The fraction of sp³-hybridized carbons (Fsp3) is 0.167. The largest absolute Gasteiger partial charge is 0.368 e. The third kappa shape index (κ3) is 2.71. The smallest absolute Gasteiger partial charge is 0.239 e. The van der Waals surface area contributed by atoms with E-state index in [0.29, 0.717) is 5.82 Å². The molecule has 0 aliphatic carbocycles. The number of hydrogen-bond donors (Lipinski definition) is 4. The minimum atomic E-state index is -0.512. The number of rotatable bonds is 4. The number of nitrogens with zero attached hydrogens (tertiary/aromatic N) is 2. The minimum absolute atomic E-state index is 0.0548. The van der Waals surface area contributed by atoms with Gasteiger partial charge in [-0.15, -0.1) is 0 Å². The Morgan fingerprint density at radius 1 is 1.64 bits per heavy atom. The van der Waals surface area contributed by atoms with Gasteiger partial charge in [0.15, 0.2) is 5.82 Å². The summed E-state index contributed by atoms with van der Waals surface area (Å²) in [5, 5.41) is 2.92. The van der Waals surface area contributed by atoms with Crippen LogP contribution in [0.2, 0.25) is 5.02 Å². The van der Waals surface area contributed by atoms with Crippen molar-refractivity contribution >= 4 is 29.3 Å². The second-order valence-corrected chi connectivity index (χ2v) is 2.76. The van der Waals surface area contributed by atoms with E-state index in [1.54, 1.807) is 0 Å². The Morgan fingerprint density at radius 3 is 2.93 bits per heavy atom. The summed E-state index contributed by atoms with van der Waals surface area (Å²) in [6.45, 7) is -0.0548. The summed E-state index contributed by atoms with van der Waals surface area (Å²) in [7, 11) is 0. The zero-order valence-electron chi connectivity index (χ0n) is 7.12. The van der Waals surface area contributed by atoms with Crippen molar-refractivity contribution in [3.8, 4) is 0 Å². The minimum Gasteiger partial charge on any atom is -0.368 e. The topological polar surface area (TPSA) is 119 Å². The number of primary amides is 1. The first kappa shape index (κ1) is 10.5. The van der Waals surface area contributed by atoms with Crippen molar-refractivity contribution in [3.05, 3.63) is 11.2 Å². The van der Waals surface area contributed by atoms with Crippen LogP contribution in [0.4, 0.5) is 11.8 Å². The second kappa shape index (κ2) is 4.58. The van der Waals surface area contributed by atoms with Crippen molar-refractivity contribution in [1.82, 2.24) is 9.97 Å². The van der Waals surface area contributed by atoms with Gasteiger partial charge in [-0.2, -0.15) is 4.98 Å². The lowest BCUT2D eigenvalue weighted by Gasteiger charge is -2.06. The maximum absolute atomic E-state index is 10.5. The van der Waals surface area contributed by atoms with Crippen molar-refractivity contribution < 1.29 is 4.79 Å². The van der Waals surface area contributed by atoms with E-state index < -0.39 is 5.91 Å². The molecule has 6 N–H and O–H groups in total. The van der Waals surface area contributed by atoms with Gasteiger partial charge < -0.3 is 11.1 Å². The summed E-state index contributed by atoms with van der Waals surface area (Å²) in [5.74, 6) is 5.07. The molecule has 1 rings (SSSR count). The van der Waals surface area contributed by atoms with Crippen LogP contribution < -0.4 is 22.3 Å². The van der Waals surface area contributed by atoms with Gasteiger partial charge >= 0.3 is 0 Å². The van der Waals surface area contributed by atoms with E-state index in [4.69, 9.17) is 23.2 Å². The van der Waals surface area contributed by atoms with Crippen molar-refractivity contribution in [2.45, 2.75) is 0 Å². The van der Waals surface area contributed by atoms with Crippen molar-refractivity contribution in [3.63, 3.8) is 0 Å². The SMILES string of the molecule is NNc1ncc(Cl)c(NCC(N)=O)n1. The van der Waals surface area contributed by atoms with Gasteiger partial charge in [0, 0.05) is 0 Å². The molecule has 0 radical (unpaired) electrons. The fourth-order valence-corrected chi connectivity index (χ4v) is 0.889. The summed E-state index contributed by atoms with van der Waals surface area (Å²) in [5.41, 5.74) is 7.18. The Labute approximate surface area is 84.8 Å². The van der Waals surface area contributed by atoms with Crippen LogP contribution in [0.5, 0.6) is 0 Å². The molecule has 7 nitrogen and oxygen atoms in total. The number of aromatic nitrogens is 2. The van der Waals surface area contributed by atoms with Gasteiger partial charge in [-0.3, -0.25) is 10.2 Å². The molecule has 14 heavy (non-hydrogen) atoms. The van der Waals surface area contributed by atoms with Crippen LogP contribution in [0.3, 0.4) is 0 Å². The summed E-state index contributed by atoms with van der Waals surface area (Å²) in [6, 6.07) is 0. The molecule has 0 aliphatic heterocycles. The van der Waals surface area contributed by atoms with Gasteiger partial charge in [-0.25, -0.2) is 10.8 Å². The number of anilines is 2. The lowest BCUT2D eigenvalue weighted by atomic mass is 10.5. The number of hydrazine groups is 1. The summed E-state index contributed by atoms with van der Waals surface area (Å²) in [4.78, 5) is 18.1. The molecule has 0 saturated heterocycles. The average molecular weight is 217 g/mol. The van der Waals surface area contributed by atoms with Gasteiger partial charge in [-0.05, 0) is 0 Å². The molecule has 0 bridgehead atoms. The predicted molar refractivity (Wildman–Crippen MR) is 52.5 cm³/mol. The highest BCUT2D eigenvalue weighted by Crippen LogP contribution is 2.18. The number of halogens is 1. The Hall–Kier alpha value is -1.60. The molecule has 0 aromatic carbocycles. The van der Waals surface area contributed by atoms with Gasteiger partial charge in [0.1, 0.15) is 5.02 Å². The van der Waals surface area contributed by atoms with Crippen LogP contribution in [-0.4, -0.2) is 22.4 Å². The number of amides is 1. The molecule has 1 aromatic heterocycles. The lowest BCUT2D eigenvalue weighted by molar-refractivity contribution is -0.116. The van der Waals surface area contributed by atoms with Crippen LogP contribution in [0.15, 0.2) is 6.20 Å². The molecule has 0 aliphatic rings. The van der Waals surface area contributed by atoms with Crippen LogP contribution in [0.1, 0.15) is 0 Å². The van der Waals surface area contributed by atoms with Crippen molar-refractivity contribution in [2.75, 3.05) is 17.3 Å². The highest BCUT2D eigenvalue weighted by atomic mass is 35.5. The van der Waals surface area contributed by atoms with Gasteiger partial charge in [0.2, 0.25) is 11.9 Å². The van der Waals surface area contributed by atoms with Crippen LogP contribution in [0, 0.1) is 0 Å². The van der Waals surface area contributed by atoms with E-state index >= 15 is 0 Å². The van der Waals surface area contributed by atoms with E-state index in [9.17, 15) is 4.79 Å². The first-order valence-corrected chi connectivity index (χ1v) is 4.02. The molecule has 0 saturated carbocycles. The first-order valence-electron chi connectivity index (χ1n) is 3.65. The maximum atomic E-state index is 10.5. The highest BCUT2D eigenvalue weighted by molar-refractivity contribution is 6.32. The molecule has 0 fully saturated rings. The molecule has 0 spiro atoms. The highest BCUT2D eigenvalue weighted by Gasteiger charge is 2.04.